The average Bonchev–Trinajstić information content (AvgIpc) is 3.26. The van der Waals surface area contributed by atoms with Crippen LogP contribution in [0.5, 0.6) is 11.5 Å². The van der Waals surface area contributed by atoms with Crippen molar-refractivity contribution in [1.82, 2.24) is 9.97 Å². The van der Waals surface area contributed by atoms with E-state index in [0.29, 0.717) is 22.7 Å². The number of nitrogens with zero attached hydrogens (tertiary/aromatic N) is 1. The molecule has 0 amide bonds. The predicted octanol–water partition coefficient (Wildman–Crippen LogP) is 5.44. The van der Waals surface area contributed by atoms with Crippen LogP contribution in [0.3, 0.4) is 0 Å². The summed E-state index contributed by atoms with van der Waals surface area (Å²) in [5.74, 6) is -1.61. The van der Waals surface area contributed by atoms with Crippen molar-refractivity contribution < 1.29 is 23.8 Å². The summed E-state index contributed by atoms with van der Waals surface area (Å²) >= 11 is 0. The van der Waals surface area contributed by atoms with Gasteiger partial charge in [0.1, 0.15) is 5.75 Å². The van der Waals surface area contributed by atoms with E-state index in [9.17, 15) is 14.0 Å². The molecule has 7 heteroatoms. The van der Waals surface area contributed by atoms with E-state index in [1.165, 1.54) is 36.7 Å². The summed E-state index contributed by atoms with van der Waals surface area (Å²) in [6, 6.07) is 16.2. The van der Waals surface area contributed by atoms with Crippen LogP contribution in [0.1, 0.15) is 31.8 Å². The lowest BCUT2D eigenvalue weighted by Gasteiger charge is -2.10. The monoisotopic (exact) mass is 430 g/mol. The lowest BCUT2D eigenvalue weighted by molar-refractivity contribution is 0.0697. The highest BCUT2D eigenvalue weighted by atomic mass is 19.1. The van der Waals surface area contributed by atoms with Gasteiger partial charge in [0.2, 0.25) is 0 Å². The number of rotatable bonds is 7. The topological polar surface area (TPSA) is 92.3 Å². The molecule has 4 rings (SSSR count). The number of nitrogens with one attached hydrogen (secondary N) is 1. The molecule has 0 aliphatic heterocycles. The Balaban J connectivity index is 1.55. The summed E-state index contributed by atoms with van der Waals surface area (Å²) in [5.41, 5.74) is 3.29. The van der Waals surface area contributed by atoms with Gasteiger partial charge in [0.05, 0.1) is 17.0 Å². The van der Waals surface area contributed by atoms with Crippen LogP contribution in [-0.4, -0.2) is 26.8 Å². The van der Waals surface area contributed by atoms with E-state index in [-0.39, 0.29) is 23.5 Å². The fourth-order valence-electron chi connectivity index (χ4n) is 3.28. The molecule has 32 heavy (non-hydrogen) atoms. The summed E-state index contributed by atoms with van der Waals surface area (Å²) in [6.45, 7) is 1.95. The smallest absolute Gasteiger partial charge is 0.337 e. The van der Waals surface area contributed by atoms with Gasteiger partial charge in [-0.15, -0.1) is 0 Å². The molecule has 0 saturated heterocycles. The third kappa shape index (κ3) is 4.73. The third-order valence-electron chi connectivity index (χ3n) is 4.87. The van der Waals surface area contributed by atoms with Gasteiger partial charge in [-0.1, -0.05) is 29.8 Å². The quantitative estimate of drug-likeness (QED) is 0.381. The predicted molar refractivity (Wildman–Crippen MR) is 117 cm³/mol. The van der Waals surface area contributed by atoms with E-state index < -0.39 is 11.8 Å². The molecule has 2 heterocycles. The number of aryl methyl sites for hydroxylation is 1. The second kappa shape index (κ2) is 8.85. The van der Waals surface area contributed by atoms with Crippen molar-refractivity contribution in [3.63, 3.8) is 0 Å². The number of aromatic nitrogens is 2. The highest BCUT2D eigenvalue weighted by Crippen LogP contribution is 2.28. The van der Waals surface area contributed by atoms with Crippen LogP contribution in [-0.2, 0) is 6.42 Å². The number of carboxylic acid groups (broad SMARTS) is 1. The Hall–Kier alpha value is -4.26. The minimum Gasteiger partial charge on any atom is -0.478 e. The fourth-order valence-corrected chi connectivity index (χ4v) is 3.28. The Morgan fingerprint density at radius 2 is 1.91 bits per heavy atom. The molecule has 0 aliphatic carbocycles. The number of ether oxygens (including phenoxy) is 1. The zero-order valence-electron chi connectivity index (χ0n) is 17.1. The summed E-state index contributed by atoms with van der Waals surface area (Å²) in [7, 11) is 0. The molecular weight excluding hydrogens is 411 g/mol. The Bertz CT molecular complexity index is 1310. The molecular formula is C25H19FN2O4. The zero-order chi connectivity index (χ0) is 22.7. The minimum absolute atomic E-state index is 0.0880. The SMILES string of the molecule is Cc1cccc(CC(=O)c2ccc(F)c(Oc3ccnc(-c4cc(C(=O)O)c[nH]4)c3)c2)c1. The van der Waals surface area contributed by atoms with E-state index in [2.05, 4.69) is 9.97 Å². The first kappa shape index (κ1) is 21.0. The van der Waals surface area contributed by atoms with Crippen LogP contribution in [0.2, 0.25) is 0 Å². The van der Waals surface area contributed by atoms with Gasteiger partial charge in [-0.2, -0.15) is 0 Å². The molecule has 0 spiro atoms. The van der Waals surface area contributed by atoms with Gasteiger partial charge in [-0.25, -0.2) is 9.18 Å². The Morgan fingerprint density at radius 1 is 1.06 bits per heavy atom. The first-order chi connectivity index (χ1) is 15.4. The lowest BCUT2D eigenvalue weighted by Crippen LogP contribution is -2.04. The first-order valence-electron chi connectivity index (χ1n) is 9.83. The molecule has 6 nitrogen and oxygen atoms in total. The largest absolute Gasteiger partial charge is 0.478 e. The summed E-state index contributed by atoms with van der Waals surface area (Å²) in [5, 5.41) is 9.07. The fraction of sp³-hybridized carbons (Fsp3) is 0.0800. The van der Waals surface area contributed by atoms with Gasteiger partial charge >= 0.3 is 5.97 Å². The van der Waals surface area contributed by atoms with Gasteiger partial charge in [-0.3, -0.25) is 9.78 Å². The summed E-state index contributed by atoms with van der Waals surface area (Å²) < 4.78 is 20.1. The molecule has 2 aromatic carbocycles. The van der Waals surface area contributed by atoms with Crippen molar-refractivity contribution >= 4 is 11.8 Å². The molecule has 0 fully saturated rings. The lowest BCUT2D eigenvalue weighted by atomic mass is 10.0. The number of ketones is 1. The maximum Gasteiger partial charge on any atom is 0.337 e. The Kier molecular flexibility index (Phi) is 5.81. The molecule has 0 bridgehead atoms. The molecule has 0 atom stereocenters. The van der Waals surface area contributed by atoms with E-state index in [1.54, 1.807) is 12.1 Å². The van der Waals surface area contributed by atoms with Crippen LogP contribution >= 0.6 is 0 Å². The van der Waals surface area contributed by atoms with Gasteiger partial charge < -0.3 is 14.8 Å². The number of carbonyl (C=O) groups is 2. The Labute approximate surface area is 183 Å². The highest BCUT2D eigenvalue weighted by Gasteiger charge is 2.14. The molecule has 160 valence electrons. The maximum atomic E-state index is 14.4. The number of H-pyrrole nitrogens is 1. The number of carboxylic acids is 1. The van der Waals surface area contributed by atoms with Crippen LogP contribution in [0, 0.1) is 12.7 Å². The standard InChI is InChI=1S/C25H19FN2O4/c1-15-3-2-4-16(9-15)10-23(29)17-5-6-20(26)24(12-17)32-19-7-8-27-22(13-19)21-11-18(14-28-21)25(30)31/h2-9,11-14,28H,10H2,1H3,(H,30,31). The van der Waals surface area contributed by atoms with Crippen LogP contribution in [0.4, 0.5) is 4.39 Å². The number of hydrogen-bond donors (Lipinski definition) is 2. The van der Waals surface area contributed by atoms with Gasteiger partial charge in [0, 0.05) is 30.4 Å². The van der Waals surface area contributed by atoms with Crippen molar-refractivity contribution in [3.05, 3.63) is 101 Å². The van der Waals surface area contributed by atoms with Crippen LogP contribution in [0.15, 0.2) is 73.1 Å². The van der Waals surface area contributed by atoms with Gasteiger partial charge in [0.25, 0.3) is 0 Å². The number of Topliss-reactive ketones (excluding diaryl/α,β-unsaturated/α-hetero) is 1. The number of aromatic amines is 1. The minimum atomic E-state index is -1.06. The molecule has 4 aromatic rings. The van der Waals surface area contributed by atoms with E-state index in [1.807, 2.05) is 31.2 Å². The van der Waals surface area contributed by atoms with Crippen molar-refractivity contribution in [1.29, 1.82) is 0 Å². The number of halogens is 1. The normalized spacial score (nSPS) is 10.7. The second-order valence-corrected chi connectivity index (χ2v) is 7.32. The number of benzene rings is 2. The van der Waals surface area contributed by atoms with E-state index >= 15 is 0 Å². The molecule has 0 radical (unpaired) electrons. The average molecular weight is 430 g/mol. The van der Waals surface area contributed by atoms with E-state index in [4.69, 9.17) is 9.84 Å². The summed E-state index contributed by atoms with van der Waals surface area (Å²) in [6.07, 6.45) is 3.03. The highest BCUT2D eigenvalue weighted by molar-refractivity contribution is 5.97. The van der Waals surface area contributed by atoms with Crippen LogP contribution < -0.4 is 4.74 Å². The van der Waals surface area contributed by atoms with Gasteiger partial charge in [0.15, 0.2) is 17.3 Å². The number of aromatic carboxylic acids is 1. The molecule has 0 aliphatic rings. The molecule has 0 unspecified atom stereocenters. The van der Waals surface area contributed by atoms with Crippen LogP contribution in [0.25, 0.3) is 11.4 Å². The number of carbonyl (C=O) groups excluding carboxylic acids is 1. The van der Waals surface area contributed by atoms with Crippen molar-refractivity contribution in [2.75, 3.05) is 0 Å². The van der Waals surface area contributed by atoms with E-state index in [0.717, 1.165) is 11.1 Å². The molecule has 0 saturated carbocycles. The first-order valence-corrected chi connectivity index (χ1v) is 9.83. The maximum absolute atomic E-state index is 14.4. The molecule has 2 aromatic heterocycles. The van der Waals surface area contributed by atoms with Crippen molar-refractivity contribution in [3.8, 4) is 22.9 Å². The Morgan fingerprint density at radius 3 is 2.66 bits per heavy atom. The van der Waals surface area contributed by atoms with Crippen molar-refractivity contribution in [2.24, 2.45) is 0 Å². The number of pyridine rings is 1. The third-order valence-corrected chi connectivity index (χ3v) is 4.87. The van der Waals surface area contributed by atoms with Gasteiger partial charge in [-0.05, 0) is 42.8 Å². The second-order valence-electron chi connectivity index (χ2n) is 7.32. The zero-order valence-corrected chi connectivity index (χ0v) is 17.1. The molecule has 2 N–H and O–H groups in total. The number of hydrogen-bond acceptors (Lipinski definition) is 4. The summed E-state index contributed by atoms with van der Waals surface area (Å²) in [4.78, 5) is 30.8. The van der Waals surface area contributed by atoms with Crippen molar-refractivity contribution in [2.45, 2.75) is 13.3 Å².